The molecule has 0 bridgehead atoms. The molecule has 1 heterocycles. The van der Waals surface area contributed by atoms with Crippen molar-refractivity contribution in [2.24, 2.45) is 0 Å². The summed E-state index contributed by atoms with van der Waals surface area (Å²) in [5.74, 6) is -0.573. The Labute approximate surface area is 166 Å². The molecule has 1 atom stereocenters. The number of carboxylic acids is 1. The normalized spacial score (nSPS) is 11.9. The van der Waals surface area contributed by atoms with Crippen LogP contribution in [0.15, 0.2) is 101 Å². The van der Waals surface area contributed by atoms with Crippen molar-refractivity contribution < 1.29 is 14.3 Å². The van der Waals surface area contributed by atoms with Crippen LogP contribution in [-0.4, -0.2) is 11.0 Å². The molecule has 0 aliphatic carbocycles. The van der Waals surface area contributed by atoms with Crippen LogP contribution >= 0.6 is 11.8 Å². The van der Waals surface area contributed by atoms with Gasteiger partial charge in [-0.05, 0) is 5.56 Å². The molecule has 0 saturated carbocycles. The molecule has 5 heteroatoms. The van der Waals surface area contributed by atoms with Crippen LogP contribution < -0.4 is 5.11 Å². The molecule has 28 heavy (non-hydrogen) atoms. The Bertz CT molecular complexity index is 1010. The number of rotatable bonds is 6. The van der Waals surface area contributed by atoms with Gasteiger partial charge in [-0.15, -0.1) is 0 Å². The zero-order valence-corrected chi connectivity index (χ0v) is 15.6. The van der Waals surface area contributed by atoms with Gasteiger partial charge in [0.1, 0.15) is 5.69 Å². The van der Waals surface area contributed by atoms with Crippen LogP contribution in [0.3, 0.4) is 0 Å². The van der Waals surface area contributed by atoms with E-state index in [4.69, 9.17) is 4.42 Å². The number of thioether (sulfide) groups is 1. The lowest BCUT2D eigenvalue weighted by atomic mass is 10.1. The number of hydrogen-bond acceptors (Lipinski definition) is 5. The van der Waals surface area contributed by atoms with Gasteiger partial charge in [-0.25, -0.2) is 4.98 Å². The number of carbonyl (C=O) groups is 1. The average molecular weight is 386 g/mol. The first kappa shape index (κ1) is 18.1. The summed E-state index contributed by atoms with van der Waals surface area (Å²) in [4.78, 5) is 16.3. The molecule has 0 aliphatic rings. The van der Waals surface area contributed by atoms with E-state index in [0.29, 0.717) is 17.0 Å². The molecule has 0 spiro atoms. The van der Waals surface area contributed by atoms with E-state index in [2.05, 4.69) is 4.98 Å². The highest BCUT2D eigenvalue weighted by Crippen LogP contribution is 2.40. The molecule has 0 radical (unpaired) electrons. The second-order valence-electron chi connectivity index (χ2n) is 6.12. The first-order valence-electron chi connectivity index (χ1n) is 8.76. The van der Waals surface area contributed by atoms with Gasteiger partial charge in [-0.1, -0.05) is 103 Å². The molecule has 0 amide bonds. The van der Waals surface area contributed by atoms with Crippen molar-refractivity contribution in [3.8, 4) is 22.6 Å². The minimum absolute atomic E-state index is 0.288. The Morgan fingerprint density at radius 2 is 1.36 bits per heavy atom. The van der Waals surface area contributed by atoms with Crippen LogP contribution in [0, 0.1) is 0 Å². The fraction of sp³-hybridized carbons (Fsp3) is 0.0435. The van der Waals surface area contributed by atoms with Crippen molar-refractivity contribution in [2.45, 2.75) is 10.5 Å². The third-order valence-electron chi connectivity index (χ3n) is 4.23. The Morgan fingerprint density at radius 3 is 1.93 bits per heavy atom. The lowest BCUT2D eigenvalue weighted by molar-refractivity contribution is -0.305. The molecule has 3 aromatic carbocycles. The molecular formula is C23H16NO3S-. The minimum atomic E-state index is -1.18. The van der Waals surface area contributed by atoms with Crippen molar-refractivity contribution in [3.63, 3.8) is 0 Å². The number of oxazole rings is 1. The van der Waals surface area contributed by atoms with E-state index in [-0.39, 0.29) is 5.22 Å². The summed E-state index contributed by atoms with van der Waals surface area (Å²) in [7, 11) is 0. The highest BCUT2D eigenvalue weighted by Gasteiger charge is 2.22. The summed E-state index contributed by atoms with van der Waals surface area (Å²) in [5, 5.41) is 11.1. The minimum Gasteiger partial charge on any atom is -0.549 e. The summed E-state index contributed by atoms with van der Waals surface area (Å²) in [6, 6.07) is 28.3. The summed E-state index contributed by atoms with van der Waals surface area (Å²) < 4.78 is 6.02. The van der Waals surface area contributed by atoms with E-state index in [0.717, 1.165) is 22.9 Å². The van der Waals surface area contributed by atoms with Gasteiger partial charge in [0.2, 0.25) is 0 Å². The Kier molecular flexibility index (Phi) is 5.26. The number of nitrogens with zero attached hydrogens (tertiary/aromatic N) is 1. The van der Waals surface area contributed by atoms with Gasteiger partial charge >= 0.3 is 0 Å². The van der Waals surface area contributed by atoms with Crippen LogP contribution in [0.25, 0.3) is 22.6 Å². The number of carboxylic acid groups (broad SMARTS) is 1. The first-order chi connectivity index (χ1) is 13.7. The zero-order chi connectivity index (χ0) is 19.3. The van der Waals surface area contributed by atoms with Crippen molar-refractivity contribution >= 4 is 17.7 Å². The highest BCUT2D eigenvalue weighted by molar-refractivity contribution is 8.00. The number of aromatic nitrogens is 1. The van der Waals surface area contributed by atoms with Gasteiger partial charge < -0.3 is 14.3 Å². The van der Waals surface area contributed by atoms with Gasteiger partial charge in [-0.2, -0.15) is 0 Å². The van der Waals surface area contributed by atoms with E-state index in [1.807, 2.05) is 66.7 Å². The lowest BCUT2D eigenvalue weighted by Gasteiger charge is -2.15. The first-order valence-corrected chi connectivity index (χ1v) is 9.64. The van der Waals surface area contributed by atoms with E-state index in [1.165, 1.54) is 0 Å². The molecule has 1 aromatic heterocycles. The molecule has 4 aromatic rings. The number of hydrogen-bond donors (Lipinski definition) is 0. The average Bonchev–Trinajstić information content (AvgIpc) is 3.18. The lowest BCUT2D eigenvalue weighted by Crippen LogP contribution is -2.28. The SMILES string of the molecule is O=C([O-])[C@H](Sc1nc(-c2ccccc2)c(-c2ccccc2)o1)c1ccccc1. The van der Waals surface area contributed by atoms with Gasteiger partial charge in [0.05, 0.1) is 11.2 Å². The summed E-state index contributed by atoms with van der Waals surface area (Å²) in [6.45, 7) is 0. The summed E-state index contributed by atoms with van der Waals surface area (Å²) in [6.07, 6.45) is 0. The predicted molar refractivity (Wildman–Crippen MR) is 107 cm³/mol. The smallest absolute Gasteiger partial charge is 0.257 e. The maximum absolute atomic E-state index is 11.7. The van der Waals surface area contributed by atoms with Crippen LogP contribution in [0.5, 0.6) is 0 Å². The van der Waals surface area contributed by atoms with Crippen molar-refractivity contribution in [1.82, 2.24) is 4.98 Å². The monoisotopic (exact) mass is 386 g/mol. The Hall–Kier alpha value is -3.31. The van der Waals surface area contributed by atoms with Crippen molar-refractivity contribution in [3.05, 3.63) is 96.6 Å². The van der Waals surface area contributed by atoms with Crippen LogP contribution in [0.4, 0.5) is 0 Å². The molecule has 4 nitrogen and oxygen atoms in total. The van der Waals surface area contributed by atoms with Gasteiger partial charge in [0.15, 0.2) is 5.76 Å². The largest absolute Gasteiger partial charge is 0.549 e. The highest BCUT2D eigenvalue weighted by atomic mass is 32.2. The molecule has 0 saturated heterocycles. The van der Waals surface area contributed by atoms with Crippen molar-refractivity contribution in [2.75, 3.05) is 0 Å². The molecule has 0 aliphatic heterocycles. The number of benzene rings is 3. The van der Waals surface area contributed by atoms with Gasteiger partial charge in [0.25, 0.3) is 5.22 Å². The molecule has 0 unspecified atom stereocenters. The quantitative estimate of drug-likeness (QED) is 0.453. The molecule has 0 fully saturated rings. The molecule has 0 N–H and O–H groups in total. The third-order valence-corrected chi connectivity index (χ3v) is 5.30. The molecular weight excluding hydrogens is 370 g/mol. The topological polar surface area (TPSA) is 66.2 Å². The number of carbonyl (C=O) groups excluding carboxylic acids is 1. The maximum Gasteiger partial charge on any atom is 0.257 e. The fourth-order valence-corrected chi connectivity index (χ4v) is 3.78. The number of aliphatic carboxylic acids is 1. The summed E-state index contributed by atoms with van der Waals surface area (Å²) >= 11 is 1.03. The van der Waals surface area contributed by atoms with Gasteiger partial charge in [-0.3, -0.25) is 0 Å². The van der Waals surface area contributed by atoms with Crippen LogP contribution in [-0.2, 0) is 4.79 Å². The third kappa shape index (κ3) is 3.85. The van der Waals surface area contributed by atoms with E-state index < -0.39 is 11.2 Å². The maximum atomic E-state index is 11.7. The van der Waals surface area contributed by atoms with Crippen LogP contribution in [0.2, 0.25) is 0 Å². The fourth-order valence-electron chi connectivity index (χ4n) is 2.91. The van der Waals surface area contributed by atoms with E-state index >= 15 is 0 Å². The zero-order valence-electron chi connectivity index (χ0n) is 14.8. The van der Waals surface area contributed by atoms with Gasteiger partial charge in [0, 0.05) is 11.1 Å². The predicted octanol–water partition coefficient (Wildman–Crippen LogP) is 4.59. The molecule has 138 valence electrons. The summed E-state index contributed by atoms with van der Waals surface area (Å²) in [5.41, 5.74) is 3.10. The van der Waals surface area contributed by atoms with E-state index in [9.17, 15) is 9.90 Å². The Morgan fingerprint density at radius 1 is 0.821 bits per heavy atom. The van der Waals surface area contributed by atoms with Crippen LogP contribution in [0.1, 0.15) is 10.8 Å². The van der Waals surface area contributed by atoms with Crippen molar-refractivity contribution in [1.29, 1.82) is 0 Å². The Balaban J connectivity index is 1.76. The standard InChI is InChI=1S/C23H17NO3S/c25-22(26)21(18-14-8-3-9-15-18)28-23-24-19(16-10-4-1-5-11-16)20(27-23)17-12-6-2-7-13-17/h1-15,21H,(H,25,26)/p-1/t21-/m1/s1. The molecule has 4 rings (SSSR count). The van der Waals surface area contributed by atoms with E-state index in [1.54, 1.807) is 24.3 Å². The second kappa shape index (κ2) is 8.15. The second-order valence-corrected chi connectivity index (χ2v) is 7.17.